The molecule has 2 aliphatic heterocycles. The van der Waals surface area contributed by atoms with Crippen LogP contribution in [0.5, 0.6) is 0 Å². The third kappa shape index (κ3) is 3.30. The summed E-state index contributed by atoms with van der Waals surface area (Å²) in [4.78, 5) is 8.82. The molecule has 0 aromatic rings. The molecule has 0 bridgehead atoms. The van der Waals surface area contributed by atoms with Crippen molar-refractivity contribution in [2.24, 2.45) is 21.8 Å². The number of hydrogen-bond acceptors (Lipinski definition) is 2. The molecule has 2 nitrogen and oxygen atoms in total. The van der Waals surface area contributed by atoms with Crippen LogP contribution in [-0.2, 0) is 0 Å². The molecule has 2 atom stereocenters. The molecule has 86 valence electrons. The van der Waals surface area contributed by atoms with Crippen molar-refractivity contribution in [1.29, 1.82) is 0 Å². The molecule has 0 spiro atoms. The van der Waals surface area contributed by atoms with Gasteiger partial charge in [-0.15, -0.1) is 0 Å². The second kappa shape index (κ2) is 6.21. The third-order valence-electron chi connectivity index (χ3n) is 2.28. The third-order valence-corrected chi connectivity index (χ3v) is 2.28. The Labute approximate surface area is 98.2 Å². The molecule has 0 N–H and O–H groups in total. The van der Waals surface area contributed by atoms with Gasteiger partial charge in [-0.2, -0.15) is 0 Å². The zero-order valence-electron chi connectivity index (χ0n) is 10.5. The molecular weight excluding hydrogens is 196 g/mol. The van der Waals surface area contributed by atoms with E-state index in [1.165, 1.54) is 0 Å². The van der Waals surface area contributed by atoms with E-state index in [1.807, 2.05) is 38.4 Å². The normalized spacial score (nSPS) is 26.8. The summed E-state index contributed by atoms with van der Waals surface area (Å²) in [6.07, 6.45) is 12.2. The van der Waals surface area contributed by atoms with E-state index in [-0.39, 0.29) is 0 Å². The maximum absolute atomic E-state index is 4.41. The van der Waals surface area contributed by atoms with E-state index < -0.39 is 0 Å². The number of nitrogens with zero attached hydrogens (tertiary/aromatic N) is 2. The number of hydrogen-bond donors (Lipinski definition) is 0. The summed E-state index contributed by atoms with van der Waals surface area (Å²) in [5.41, 5.74) is 1.93. The minimum absolute atomic E-state index is 0.392. The molecular formula is C14H20N2. The first kappa shape index (κ1) is 12.6. The monoisotopic (exact) mass is 216 g/mol. The average molecular weight is 216 g/mol. The van der Waals surface area contributed by atoms with Crippen LogP contribution in [0.1, 0.15) is 27.7 Å². The fourth-order valence-corrected chi connectivity index (χ4v) is 1.37. The number of aliphatic imine (C=N–C) groups is 2. The lowest BCUT2D eigenvalue weighted by Gasteiger charge is -1.94. The SMILES string of the molecule is CC.CC1C=CC2=C(C=CC(C)C=N2)N=C1. The molecule has 2 aliphatic rings. The highest BCUT2D eigenvalue weighted by atomic mass is 14.8. The van der Waals surface area contributed by atoms with Gasteiger partial charge in [0.2, 0.25) is 0 Å². The van der Waals surface area contributed by atoms with Gasteiger partial charge in [0.05, 0.1) is 11.4 Å². The van der Waals surface area contributed by atoms with Crippen LogP contribution in [0.25, 0.3) is 0 Å². The highest BCUT2D eigenvalue weighted by Crippen LogP contribution is 2.19. The number of allylic oxidation sites excluding steroid dienone is 4. The van der Waals surface area contributed by atoms with Crippen molar-refractivity contribution < 1.29 is 0 Å². The fraction of sp³-hybridized carbons (Fsp3) is 0.429. The molecule has 0 radical (unpaired) electrons. The van der Waals surface area contributed by atoms with Gasteiger partial charge in [-0.25, -0.2) is 0 Å². The lowest BCUT2D eigenvalue weighted by molar-refractivity contribution is 1.02. The van der Waals surface area contributed by atoms with Crippen molar-refractivity contribution in [1.82, 2.24) is 0 Å². The predicted molar refractivity (Wildman–Crippen MR) is 72.0 cm³/mol. The molecule has 0 amide bonds. The van der Waals surface area contributed by atoms with Crippen LogP contribution in [0.4, 0.5) is 0 Å². The summed E-state index contributed by atoms with van der Waals surface area (Å²) in [5.74, 6) is 0.783. The van der Waals surface area contributed by atoms with Gasteiger partial charge in [0, 0.05) is 24.3 Å². The summed E-state index contributed by atoms with van der Waals surface area (Å²) >= 11 is 0. The lowest BCUT2D eigenvalue weighted by Crippen LogP contribution is -1.89. The van der Waals surface area contributed by atoms with Crippen LogP contribution in [0, 0.1) is 11.8 Å². The molecule has 0 saturated carbocycles. The van der Waals surface area contributed by atoms with Crippen molar-refractivity contribution in [3.63, 3.8) is 0 Å². The topological polar surface area (TPSA) is 24.7 Å². The van der Waals surface area contributed by atoms with E-state index in [2.05, 4.69) is 36.0 Å². The fourth-order valence-electron chi connectivity index (χ4n) is 1.37. The largest absolute Gasteiger partial charge is 0.258 e. The van der Waals surface area contributed by atoms with Gasteiger partial charge in [0.25, 0.3) is 0 Å². The second-order valence-electron chi connectivity index (χ2n) is 3.76. The van der Waals surface area contributed by atoms with Crippen LogP contribution < -0.4 is 0 Å². The van der Waals surface area contributed by atoms with E-state index in [0.717, 1.165) is 11.4 Å². The first-order valence-electron chi connectivity index (χ1n) is 5.95. The summed E-state index contributed by atoms with van der Waals surface area (Å²) in [5, 5.41) is 0. The number of rotatable bonds is 0. The van der Waals surface area contributed by atoms with E-state index in [9.17, 15) is 0 Å². The van der Waals surface area contributed by atoms with Crippen molar-refractivity contribution in [2.75, 3.05) is 0 Å². The zero-order chi connectivity index (χ0) is 12.0. The van der Waals surface area contributed by atoms with Gasteiger partial charge in [0.1, 0.15) is 0 Å². The molecule has 0 aromatic carbocycles. The smallest absolute Gasteiger partial charge is 0.0879 e. The Bertz CT molecular complexity index is 302. The van der Waals surface area contributed by atoms with Gasteiger partial charge < -0.3 is 0 Å². The van der Waals surface area contributed by atoms with Gasteiger partial charge >= 0.3 is 0 Å². The van der Waals surface area contributed by atoms with E-state index >= 15 is 0 Å². The Balaban J connectivity index is 0.000000606. The maximum atomic E-state index is 4.41. The standard InChI is InChI=1S/C12H14N2.C2H6/c1-9-3-5-11-12(13-7-9)6-4-10(2)8-14-11;1-2/h3-10H,1-2H3;1-2H3. The summed E-state index contributed by atoms with van der Waals surface area (Å²) < 4.78 is 0. The molecule has 2 unspecified atom stereocenters. The Kier molecular flexibility index (Phi) is 4.90. The van der Waals surface area contributed by atoms with Gasteiger partial charge in [-0.1, -0.05) is 39.8 Å². The Morgan fingerprint density at radius 2 is 1.19 bits per heavy atom. The Morgan fingerprint density at radius 1 is 0.812 bits per heavy atom. The minimum atomic E-state index is 0.392. The summed E-state index contributed by atoms with van der Waals surface area (Å²) in [6.45, 7) is 8.23. The van der Waals surface area contributed by atoms with E-state index in [0.29, 0.717) is 11.8 Å². The zero-order valence-corrected chi connectivity index (χ0v) is 10.5. The first-order valence-corrected chi connectivity index (χ1v) is 5.95. The van der Waals surface area contributed by atoms with Crippen LogP contribution in [-0.4, -0.2) is 12.4 Å². The quantitative estimate of drug-likeness (QED) is 0.588. The minimum Gasteiger partial charge on any atom is -0.258 e. The van der Waals surface area contributed by atoms with E-state index in [4.69, 9.17) is 0 Å². The van der Waals surface area contributed by atoms with Crippen molar-refractivity contribution in [2.45, 2.75) is 27.7 Å². The van der Waals surface area contributed by atoms with Crippen molar-refractivity contribution in [3.8, 4) is 0 Å². The van der Waals surface area contributed by atoms with Gasteiger partial charge in [-0.05, 0) is 12.2 Å². The van der Waals surface area contributed by atoms with E-state index in [1.54, 1.807) is 0 Å². The Hall–Kier alpha value is -1.44. The van der Waals surface area contributed by atoms with Crippen LogP contribution in [0.3, 0.4) is 0 Å². The predicted octanol–water partition coefficient (Wildman–Crippen LogP) is 3.78. The van der Waals surface area contributed by atoms with Crippen LogP contribution in [0.2, 0.25) is 0 Å². The molecule has 0 aliphatic carbocycles. The second-order valence-corrected chi connectivity index (χ2v) is 3.76. The lowest BCUT2D eigenvalue weighted by atomic mass is 10.2. The molecule has 0 fully saturated rings. The maximum Gasteiger partial charge on any atom is 0.0879 e. The molecule has 16 heavy (non-hydrogen) atoms. The average Bonchev–Trinajstić information content (AvgIpc) is 2.59. The molecule has 0 saturated heterocycles. The summed E-state index contributed by atoms with van der Waals surface area (Å²) in [7, 11) is 0. The molecule has 0 aromatic heterocycles. The summed E-state index contributed by atoms with van der Waals surface area (Å²) in [6, 6.07) is 0. The van der Waals surface area contributed by atoms with Crippen LogP contribution >= 0.6 is 0 Å². The van der Waals surface area contributed by atoms with Gasteiger partial charge in [0.15, 0.2) is 0 Å². The molecule has 2 rings (SSSR count). The van der Waals surface area contributed by atoms with Crippen LogP contribution in [0.15, 0.2) is 45.7 Å². The highest BCUT2D eigenvalue weighted by Gasteiger charge is 2.07. The van der Waals surface area contributed by atoms with Crippen molar-refractivity contribution >= 4 is 12.4 Å². The molecule has 2 heteroatoms. The molecule has 2 heterocycles. The first-order chi connectivity index (χ1) is 7.75. The van der Waals surface area contributed by atoms with Gasteiger partial charge in [-0.3, -0.25) is 9.98 Å². The highest BCUT2D eigenvalue weighted by molar-refractivity contribution is 5.70. The van der Waals surface area contributed by atoms with Crippen molar-refractivity contribution in [3.05, 3.63) is 35.7 Å². The Morgan fingerprint density at radius 3 is 1.56 bits per heavy atom.